The molecular formula is C21H19IN2O. The lowest BCUT2D eigenvalue weighted by Crippen LogP contribution is -2.22. The minimum Gasteiger partial charge on any atom is -0.376 e. The minimum absolute atomic E-state index is 0.0568. The third-order valence-electron chi connectivity index (χ3n) is 3.84. The van der Waals surface area contributed by atoms with E-state index >= 15 is 0 Å². The highest BCUT2D eigenvalue weighted by atomic mass is 127. The average Bonchev–Trinajstić information content (AvgIpc) is 2.64. The smallest absolute Gasteiger partial charge is 0.243 e. The van der Waals surface area contributed by atoms with Crippen LogP contribution in [0.2, 0.25) is 0 Å². The lowest BCUT2D eigenvalue weighted by molar-refractivity contribution is -0.114. The maximum Gasteiger partial charge on any atom is 0.243 e. The van der Waals surface area contributed by atoms with E-state index < -0.39 is 0 Å². The molecule has 3 rings (SSSR count). The van der Waals surface area contributed by atoms with E-state index in [9.17, 15) is 4.79 Å². The fraction of sp³-hybridized carbons (Fsp3) is 0.0952. The van der Waals surface area contributed by atoms with E-state index in [1.807, 2.05) is 60.7 Å². The molecule has 3 aromatic carbocycles. The SMILES string of the molecule is O=C(CNc1ccccc1Cc1ccccc1)Nc1ccccc1I. The average molecular weight is 442 g/mol. The van der Waals surface area contributed by atoms with Crippen LogP contribution in [0.5, 0.6) is 0 Å². The Kier molecular flexibility index (Phi) is 6.06. The van der Waals surface area contributed by atoms with Crippen molar-refractivity contribution in [1.82, 2.24) is 0 Å². The van der Waals surface area contributed by atoms with Gasteiger partial charge in [-0.2, -0.15) is 0 Å². The van der Waals surface area contributed by atoms with Gasteiger partial charge < -0.3 is 10.6 Å². The maximum atomic E-state index is 12.2. The summed E-state index contributed by atoms with van der Waals surface area (Å²) in [6, 6.07) is 26.2. The van der Waals surface area contributed by atoms with Crippen molar-refractivity contribution in [2.24, 2.45) is 0 Å². The van der Waals surface area contributed by atoms with Gasteiger partial charge in [0.2, 0.25) is 5.91 Å². The van der Waals surface area contributed by atoms with Gasteiger partial charge in [0, 0.05) is 9.26 Å². The summed E-state index contributed by atoms with van der Waals surface area (Å²) in [5, 5.41) is 6.20. The van der Waals surface area contributed by atoms with E-state index in [1.54, 1.807) is 0 Å². The third-order valence-corrected chi connectivity index (χ3v) is 4.78. The summed E-state index contributed by atoms with van der Waals surface area (Å²) >= 11 is 2.22. The van der Waals surface area contributed by atoms with Gasteiger partial charge in [-0.05, 0) is 58.3 Å². The predicted octanol–water partition coefficient (Wildman–Crippen LogP) is 4.93. The normalized spacial score (nSPS) is 10.3. The molecule has 0 unspecified atom stereocenters. The molecule has 0 aromatic heterocycles. The first-order valence-electron chi connectivity index (χ1n) is 8.12. The maximum absolute atomic E-state index is 12.2. The molecule has 0 saturated heterocycles. The summed E-state index contributed by atoms with van der Waals surface area (Å²) < 4.78 is 1.03. The number of hydrogen-bond donors (Lipinski definition) is 2. The molecule has 0 heterocycles. The Morgan fingerprint density at radius 3 is 2.20 bits per heavy atom. The molecule has 3 aromatic rings. The molecule has 2 N–H and O–H groups in total. The molecule has 0 spiro atoms. The molecule has 0 atom stereocenters. The van der Waals surface area contributed by atoms with Gasteiger partial charge in [0.1, 0.15) is 0 Å². The standard InChI is InChI=1S/C21H19IN2O/c22-18-11-5-7-13-20(18)24-21(25)15-23-19-12-6-4-10-17(19)14-16-8-2-1-3-9-16/h1-13,23H,14-15H2,(H,24,25). The molecule has 0 aliphatic rings. The summed E-state index contributed by atoms with van der Waals surface area (Å²) in [5.41, 5.74) is 4.26. The van der Waals surface area contributed by atoms with Crippen molar-refractivity contribution in [3.8, 4) is 0 Å². The van der Waals surface area contributed by atoms with Crippen LogP contribution in [-0.2, 0) is 11.2 Å². The number of nitrogens with one attached hydrogen (secondary N) is 2. The van der Waals surface area contributed by atoms with Crippen molar-refractivity contribution >= 4 is 39.9 Å². The van der Waals surface area contributed by atoms with Crippen molar-refractivity contribution < 1.29 is 4.79 Å². The van der Waals surface area contributed by atoms with Crippen LogP contribution in [0, 0.1) is 3.57 Å². The molecule has 0 aliphatic carbocycles. The van der Waals surface area contributed by atoms with Gasteiger partial charge in [-0.1, -0.05) is 60.7 Å². The van der Waals surface area contributed by atoms with E-state index in [0.717, 1.165) is 21.4 Å². The van der Waals surface area contributed by atoms with Gasteiger partial charge in [-0.3, -0.25) is 4.79 Å². The Balaban J connectivity index is 1.63. The van der Waals surface area contributed by atoms with Crippen molar-refractivity contribution in [3.05, 3.63) is 93.6 Å². The Morgan fingerprint density at radius 2 is 1.44 bits per heavy atom. The van der Waals surface area contributed by atoms with Crippen LogP contribution >= 0.6 is 22.6 Å². The van der Waals surface area contributed by atoms with Gasteiger partial charge in [-0.15, -0.1) is 0 Å². The van der Waals surface area contributed by atoms with Crippen LogP contribution in [0.1, 0.15) is 11.1 Å². The molecule has 4 heteroatoms. The molecule has 126 valence electrons. The van der Waals surface area contributed by atoms with Crippen molar-refractivity contribution in [2.45, 2.75) is 6.42 Å². The minimum atomic E-state index is -0.0568. The zero-order valence-corrected chi connectivity index (χ0v) is 15.9. The van der Waals surface area contributed by atoms with Crippen LogP contribution in [-0.4, -0.2) is 12.5 Å². The highest BCUT2D eigenvalue weighted by Crippen LogP contribution is 2.20. The van der Waals surface area contributed by atoms with E-state index in [0.29, 0.717) is 0 Å². The number of benzene rings is 3. The molecule has 25 heavy (non-hydrogen) atoms. The topological polar surface area (TPSA) is 41.1 Å². The molecule has 0 fully saturated rings. The molecule has 0 radical (unpaired) electrons. The molecular weight excluding hydrogens is 423 g/mol. The summed E-state index contributed by atoms with van der Waals surface area (Å²) in [6.45, 7) is 0.233. The number of amides is 1. The van der Waals surface area contributed by atoms with Crippen molar-refractivity contribution in [3.63, 3.8) is 0 Å². The predicted molar refractivity (Wildman–Crippen MR) is 112 cm³/mol. The summed E-state index contributed by atoms with van der Waals surface area (Å²) in [5.74, 6) is -0.0568. The number of halogens is 1. The molecule has 3 nitrogen and oxygen atoms in total. The fourth-order valence-corrected chi connectivity index (χ4v) is 3.12. The second-order valence-corrected chi connectivity index (χ2v) is 6.86. The number of rotatable bonds is 6. The van der Waals surface area contributed by atoms with Crippen LogP contribution in [0.25, 0.3) is 0 Å². The lowest BCUT2D eigenvalue weighted by Gasteiger charge is -2.13. The number of anilines is 2. The fourth-order valence-electron chi connectivity index (χ4n) is 2.60. The van der Waals surface area contributed by atoms with Crippen LogP contribution in [0.15, 0.2) is 78.9 Å². The number of carbonyl (C=O) groups excluding carboxylic acids is 1. The summed E-state index contributed by atoms with van der Waals surface area (Å²) in [4.78, 5) is 12.2. The summed E-state index contributed by atoms with van der Waals surface area (Å²) in [6.07, 6.45) is 0.836. The third kappa shape index (κ3) is 5.06. The second-order valence-electron chi connectivity index (χ2n) is 5.70. The van der Waals surface area contributed by atoms with Crippen LogP contribution in [0.4, 0.5) is 11.4 Å². The first-order chi connectivity index (χ1) is 12.2. The number of hydrogen-bond acceptors (Lipinski definition) is 2. The first kappa shape index (κ1) is 17.5. The Hall–Kier alpha value is -2.34. The highest BCUT2D eigenvalue weighted by Gasteiger charge is 2.07. The Morgan fingerprint density at radius 1 is 0.800 bits per heavy atom. The van der Waals surface area contributed by atoms with Crippen molar-refractivity contribution in [2.75, 3.05) is 17.2 Å². The second kappa shape index (κ2) is 8.67. The Bertz CT molecular complexity index is 849. The van der Waals surface area contributed by atoms with E-state index in [-0.39, 0.29) is 12.5 Å². The zero-order chi connectivity index (χ0) is 17.5. The highest BCUT2D eigenvalue weighted by molar-refractivity contribution is 14.1. The summed E-state index contributed by atoms with van der Waals surface area (Å²) in [7, 11) is 0. The van der Waals surface area contributed by atoms with Gasteiger partial charge >= 0.3 is 0 Å². The largest absolute Gasteiger partial charge is 0.376 e. The monoisotopic (exact) mass is 442 g/mol. The molecule has 1 amide bonds. The van der Waals surface area contributed by atoms with Gasteiger partial charge in [-0.25, -0.2) is 0 Å². The van der Waals surface area contributed by atoms with Crippen LogP contribution in [0.3, 0.4) is 0 Å². The van der Waals surface area contributed by atoms with Gasteiger partial charge in [0.05, 0.1) is 12.2 Å². The molecule has 0 saturated carbocycles. The van der Waals surface area contributed by atoms with E-state index in [1.165, 1.54) is 11.1 Å². The Labute approximate surface area is 161 Å². The molecule has 0 aliphatic heterocycles. The number of para-hydroxylation sites is 2. The van der Waals surface area contributed by atoms with Gasteiger partial charge in [0.15, 0.2) is 0 Å². The quantitative estimate of drug-likeness (QED) is 0.532. The van der Waals surface area contributed by atoms with Crippen LogP contribution < -0.4 is 10.6 Å². The lowest BCUT2D eigenvalue weighted by atomic mass is 10.0. The van der Waals surface area contributed by atoms with Crippen molar-refractivity contribution in [1.29, 1.82) is 0 Å². The van der Waals surface area contributed by atoms with Gasteiger partial charge in [0.25, 0.3) is 0 Å². The van der Waals surface area contributed by atoms with E-state index in [2.05, 4.69) is 51.4 Å². The van der Waals surface area contributed by atoms with E-state index in [4.69, 9.17) is 0 Å². The molecule has 0 bridgehead atoms. The first-order valence-corrected chi connectivity index (χ1v) is 9.20. The number of carbonyl (C=O) groups is 1. The zero-order valence-electron chi connectivity index (χ0n) is 13.7.